The van der Waals surface area contributed by atoms with Gasteiger partial charge in [-0.3, -0.25) is 0 Å². The molecule has 0 unspecified atom stereocenters. The van der Waals surface area contributed by atoms with Crippen LogP contribution in [0.15, 0.2) is 16.5 Å². The smallest absolute Gasteiger partial charge is 0.355 e. The van der Waals surface area contributed by atoms with Gasteiger partial charge in [-0.05, 0) is 20.3 Å². The normalized spacial score (nSPS) is 10.6. The van der Waals surface area contributed by atoms with Crippen molar-refractivity contribution >= 4 is 17.1 Å². The lowest BCUT2D eigenvalue weighted by Gasteiger charge is -2.08. The number of ether oxygens (including phenoxy) is 1. The summed E-state index contributed by atoms with van der Waals surface area (Å²) in [5.41, 5.74) is 2.03. The van der Waals surface area contributed by atoms with E-state index in [2.05, 4.69) is 6.07 Å². The van der Waals surface area contributed by atoms with Gasteiger partial charge in [0.05, 0.1) is 18.2 Å². The number of hydrogen-bond donors (Lipinski definition) is 0. The number of aryl methyl sites for hydroxylation is 2. The molecule has 0 saturated carbocycles. The standard InChI is InChI=1S/C14H16N2O3/c1-3-18-14(17)12-9-13-11(8-10(2)19-13)16(12)7-5-4-6-15/h8-9H,3-5,7H2,1-2H3. The average molecular weight is 260 g/mol. The molecule has 0 amide bonds. The van der Waals surface area contributed by atoms with Crippen LogP contribution in [-0.4, -0.2) is 17.1 Å². The summed E-state index contributed by atoms with van der Waals surface area (Å²) in [6.07, 6.45) is 1.15. The Balaban J connectivity index is 2.38. The third-order valence-electron chi connectivity index (χ3n) is 2.87. The number of esters is 1. The predicted molar refractivity (Wildman–Crippen MR) is 69.7 cm³/mol. The molecule has 0 aliphatic heterocycles. The minimum Gasteiger partial charge on any atom is -0.461 e. The first-order valence-electron chi connectivity index (χ1n) is 6.31. The Hall–Kier alpha value is -2.22. The monoisotopic (exact) mass is 260 g/mol. The zero-order valence-electron chi connectivity index (χ0n) is 11.1. The van der Waals surface area contributed by atoms with Crippen LogP contribution in [0.2, 0.25) is 0 Å². The maximum Gasteiger partial charge on any atom is 0.355 e. The molecule has 100 valence electrons. The van der Waals surface area contributed by atoms with E-state index in [-0.39, 0.29) is 5.97 Å². The third-order valence-corrected chi connectivity index (χ3v) is 2.87. The summed E-state index contributed by atoms with van der Waals surface area (Å²) >= 11 is 0. The quantitative estimate of drug-likeness (QED) is 0.612. The molecule has 0 aromatic carbocycles. The Bertz CT molecular complexity index is 631. The predicted octanol–water partition coefficient (Wildman–Crippen LogP) is 3.02. The zero-order chi connectivity index (χ0) is 13.8. The van der Waals surface area contributed by atoms with Crippen LogP contribution >= 0.6 is 0 Å². The Kier molecular flexibility index (Phi) is 3.91. The van der Waals surface area contributed by atoms with Gasteiger partial charge in [0.1, 0.15) is 11.5 Å². The molecule has 5 heteroatoms. The first kappa shape index (κ1) is 13.2. The van der Waals surface area contributed by atoms with Crippen molar-refractivity contribution in [2.75, 3.05) is 6.61 Å². The molecule has 0 aliphatic carbocycles. The highest BCUT2D eigenvalue weighted by Gasteiger charge is 2.18. The van der Waals surface area contributed by atoms with Gasteiger partial charge in [-0.25, -0.2) is 4.79 Å². The summed E-state index contributed by atoms with van der Waals surface area (Å²) in [5.74, 6) is 0.443. The number of nitriles is 1. The Morgan fingerprint density at radius 2 is 2.32 bits per heavy atom. The van der Waals surface area contributed by atoms with Crippen molar-refractivity contribution in [3.63, 3.8) is 0 Å². The highest BCUT2D eigenvalue weighted by atomic mass is 16.5. The first-order valence-corrected chi connectivity index (χ1v) is 6.31. The number of carbonyl (C=O) groups is 1. The maximum absolute atomic E-state index is 11.9. The van der Waals surface area contributed by atoms with Crippen molar-refractivity contribution in [1.82, 2.24) is 4.57 Å². The fourth-order valence-corrected chi connectivity index (χ4v) is 2.10. The van der Waals surface area contributed by atoms with Crippen molar-refractivity contribution in [3.8, 4) is 6.07 Å². The van der Waals surface area contributed by atoms with Crippen molar-refractivity contribution in [1.29, 1.82) is 5.26 Å². The van der Waals surface area contributed by atoms with Gasteiger partial charge in [0.2, 0.25) is 0 Å². The minimum absolute atomic E-state index is 0.336. The summed E-state index contributed by atoms with van der Waals surface area (Å²) in [5, 5.41) is 8.61. The number of aromatic nitrogens is 1. The van der Waals surface area contributed by atoms with Crippen LogP contribution in [0.25, 0.3) is 11.1 Å². The van der Waals surface area contributed by atoms with Gasteiger partial charge in [-0.15, -0.1) is 0 Å². The highest BCUT2D eigenvalue weighted by molar-refractivity contribution is 5.94. The molecule has 0 bridgehead atoms. The van der Waals surface area contributed by atoms with E-state index in [1.54, 1.807) is 13.0 Å². The molecule has 0 fully saturated rings. The Labute approximate surface area is 111 Å². The van der Waals surface area contributed by atoms with Gasteiger partial charge in [0.25, 0.3) is 0 Å². The molecule has 0 radical (unpaired) electrons. The number of furan rings is 1. The minimum atomic E-state index is -0.358. The molecular weight excluding hydrogens is 244 g/mol. The molecule has 5 nitrogen and oxygen atoms in total. The lowest BCUT2D eigenvalue weighted by Crippen LogP contribution is -2.12. The largest absolute Gasteiger partial charge is 0.461 e. The number of fused-ring (bicyclic) bond motifs is 1. The summed E-state index contributed by atoms with van der Waals surface area (Å²) in [6, 6.07) is 5.70. The van der Waals surface area contributed by atoms with Crippen molar-refractivity contribution in [2.45, 2.75) is 33.2 Å². The molecule has 0 atom stereocenters. The second-order valence-corrected chi connectivity index (χ2v) is 4.27. The molecular formula is C14H16N2O3. The molecule has 0 N–H and O–H groups in total. The van der Waals surface area contributed by atoms with Gasteiger partial charge < -0.3 is 13.7 Å². The summed E-state index contributed by atoms with van der Waals surface area (Å²) in [4.78, 5) is 11.9. The van der Waals surface area contributed by atoms with E-state index in [0.29, 0.717) is 37.3 Å². The number of unbranched alkanes of at least 4 members (excludes halogenated alkanes) is 1. The van der Waals surface area contributed by atoms with E-state index >= 15 is 0 Å². The molecule has 2 rings (SSSR count). The highest BCUT2D eigenvalue weighted by Crippen LogP contribution is 2.24. The number of nitrogens with zero attached hydrogens (tertiary/aromatic N) is 2. The van der Waals surface area contributed by atoms with E-state index in [9.17, 15) is 4.79 Å². The summed E-state index contributed by atoms with van der Waals surface area (Å²) in [7, 11) is 0. The van der Waals surface area contributed by atoms with Crippen molar-refractivity contribution < 1.29 is 13.9 Å². The molecule has 0 aliphatic rings. The fraction of sp³-hybridized carbons (Fsp3) is 0.429. The molecule has 2 aromatic rings. The van der Waals surface area contributed by atoms with Crippen molar-refractivity contribution in [2.24, 2.45) is 0 Å². The van der Waals surface area contributed by atoms with Gasteiger partial charge in [0.15, 0.2) is 5.58 Å². The van der Waals surface area contributed by atoms with Crippen LogP contribution in [-0.2, 0) is 11.3 Å². The third kappa shape index (κ3) is 2.63. The second-order valence-electron chi connectivity index (χ2n) is 4.27. The van der Waals surface area contributed by atoms with Crippen LogP contribution in [0.3, 0.4) is 0 Å². The topological polar surface area (TPSA) is 68.2 Å². The number of rotatable bonds is 5. The van der Waals surface area contributed by atoms with Crippen molar-refractivity contribution in [3.05, 3.63) is 23.6 Å². The van der Waals surface area contributed by atoms with E-state index in [0.717, 1.165) is 11.3 Å². The van der Waals surface area contributed by atoms with Crippen LogP contribution in [0.5, 0.6) is 0 Å². The van der Waals surface area contributed by atoms with Gasteiger partial charge in [0, 0.05) is 25.1 Å². The lowest BCUT2D eigenvalue weighted by molar-refractivity contribution is 0.0514. The molecule has 19 heavy (non-hydrogen) atoms. The first-order chi connectivity index (χ1) is 9.17. The summed E-state index contributed by atoms with van der Waals surface area (Å²) in [6.45, 7) is 4.57. The summed E-state index contributed by atoms with van der Waals surface area (Å²) < 4.78 is 12.4. The van der Waals surface area contributed by atoms with Gasteiger partial charge >= 0.3 is 5.97 Å². The number of hydrogen-bond acceptors (Lipinski definition) is 4. The maximum atomic E-state index is 11.9. The zero-order valence-corrected chi connectivity index (χ0v) is 11.1. The molecule has 2 heterocycles. The van der Waals surface area contributed by atoms with E-state index in [4.69, 9.17) is 14.4 Å². The van der Waals surface area contributed by atoms with Crippen LogP contribution in [0.4, 0.5) is 0 Å². The van der Waals surface area contributed by atoms with Crippen LogP contribution in [0, 0.1) is 18.3 Å². The SMILES string of the molecule is CCOC(=O)c1cc2oc(C)cc2n1CCCC#N. The molecule has 0 spiro atoms. The average Bonchev–Trinajstić information content (AvgIpc) is 2.87. The van der Waals surface area contributed by atoms with E-state index < -0.39 is 0 Å². The molecule has 2 aromatic heterocycles. The fourth-order valence-electron chi connectivity index (χ4n) is 2.10. The van der Waals surface area contributed by atoms with Crippen LogP contribution in [0.1, 0.15) is 36.0 Å². The number of carbonyl (C=O) groups excluding carboxylic acids is 1. The Morgan fingerprint density at radius 1 is 1.53 bits per heavy atom. The van der Waals surface area contributed by atoms with Gasteiger partial charge in [-0.1, -0.05) is 0 Å². The molecule has 0 saturated heterocycles. The van der Waals surface area contributed by atoms with E-state index in [1.807, 2.05) is 17.6 Å². The lowest BCUT2D eigenvalue weighted by atomic mass is 10.3. The van der Waals surface area contributed by atoms with E-state index in [1.165, 1.54) is 0 Å². The second kappa shape index (κ2) is 5.61. The Morgan fingerprint density at radius 3 is 3.00 bits per heavy atom. The van der Waals surface area contributed by atoms with Gasteiger partial charge in [-0.2, -0.15) is 5.26 Å². The van der Waals surface area contributed by atoms with Crippen LogP contribution < -0.4 is 0 Å².